The van der Waals surface area contributed by atoms with Gasteiger partial charge in [0.05, 0.1) is 31.5 Å². The lowest BCUT2D eigenvalue weighted by Gasteiger charge is -2.28. The highest BCUT2D eigenvalue weighted by Crippen LogP contribution is 2.18. The summed E-state index contributed by atoms with van der Waals surface area (Å²) in [6.07, 6.45) is 1.93. The van der Waals surface area contributed by atoms with Crippen LogP contribution in [0.2, 0.25) is 0 Å². The van der Waals surface area contributed by atoms with Crippen LogP contribution in [0.3, 0.4) is 0 Å². The van der Waals surface area contributed by atoms with E-state index in [0.717, 1.165) is 37.4 Å². The normalized spacial score (nSPS) is 14.2. The number of anilines is 2. The van der Waals surface area contributed by atoms with E-state index < -0.39 is 0 Å². The number of fused-ring (bicyclic) bond motifs is 1. The summed E-state index contributed by atoms with van der Waals surface area (Å²) in [5.74, 6) is 0.578. The maximum atomic E-state index is 12.2. The van der Waals surface area contributed by atoms with E-state index in [4.69, 9.17) is 9.26 Å². The SMILES string of the molecule is O=C(Cc1noc2ccccc12)NCCNc1cc(N2CCOCC2)cnn1. The predicted molar refractivity (Wildman–Crippen MR) is 104 cm³/mol. The molecule has 0 saturated carbocycles. The number of ether oxygens (including phenoxy) is 1. The number of carbonyl (C=O) groups excluding carboxylic acids is 1. The molecule has 4 rings (SSSR count). The average Bonchev–Trinajstić information content (AvgIpc) is 3.15. The number of carbonyl (C=O) groups is 1. The van der Waals surface area contributed by atoms with Gasteiger partial charge in [0.1, 0.15) is 5.69 Å². The molecule has 2 N–H and O–H groups in total. The summed E-state index contributed by atoms with van der Waals surface area (Å²) >= 11 is 0. The van der Waals surface area contributed by atoms with Gasteiger partial charge < -0.3 is 24.8 Å². The number of benzene rings is 1. The molecule has 3 aromatic rings. The van der Waals surface area contributed by atoms with Crippen molar-refractivity contribution in [3.8, 4) is 0 Å². The molecule has 3 heterocycles. The summed E-state index contributed by atoms with van der Waals surface area (Å²) in [5.41, 5.74) is 2.35. The second-order valence-corrected chi connectivity index (χ2v) is 6.48. The van der Waals surface area contributed by atoms with E-state index >= 15 is 0 Å². The zero-order valence-electron chi connectivity index (χ0n) is 15.4. The average molecular weight is 382 g/mol. The molecule has 0 spiro atoms. The molecule has 0 aliphatic carbocycles. The van der Waals surface area contributed by atoms with Crippen LogP contribution < -0.4 is 15.5 Å². The number of aromatic nitrogens is 3. The first kappa shape index (κ1) is 18.2. The van der Waals surface area contributed by atoms with E-state index in [1.54, 1.807) is 6.20 Å². The van der Waals surface area contributed by atoms with Gasteiger partial charge in [0.15, 0.2) is 11.4 Å². The van der Waals surface area contributed by atoms with Gasteiger partial charge in [0, 0.05) is 37.6 Å². The number of para-hydroxylation sites is 1. The van der Waals surface area contributed by atoms with Crippen LogP contribution in [-0.2, 0) is 16.0 Å². The summed E-state index contributed by atoms with van der Waals surface area (Å²) in [7, 11) is 0. The van der Waals surface area contributed by atoms with Gasteiger partial charge in [-0.2, -0.15) is 5.10 Å². The van der Waals surface area contributed by atoms with Crippen LogP contribution in [0.25, 0.3) is 11.0 Å². The van der Waals surface area contributed by atoms with Gasteiger partial charge in [-0.15, -0.1) is 5.10 Å². The zero-order valence-corrected chi connectivity index (χ0v) is 15.4. The number of rotatable bonds is 7. The molecule has 1 aliphatic rings. The third kappa shape index (κ3) is 4.37. The van der Waals surface area contributed by atoms with Crippen LogP contribution in [-0.4, -0.2) is 60.7 Å². The first-order valence-electron chi connectivity index (χ1n) is 9.29. The van der Waals surface area contributed by atoms with Crippen LogP contribution >= 0.6 is 0 Å². The van der Waals surface area contributed by atoms with Crippen LogP contribution in [0.1, 0.15) is 5.69 Å². The van der Waals surface area contributed by atoms with E-state index in [0.29, 0.717) is 30.2 Å². The Morgan fingerprint density at radius 3 is 2.93 bits per heavy atom. The van der Waals surface area contributed by atoms with Gasteiger partial charge in [-0.25, -0.2) is 0 Å². The highest BCUT2D eigenvalue weighted by atomic mass is 16.5. The number of nitrogens with one attached hydrogen (secondary N) is 2. The first-order chi connectivity index (χ1) is 13.8. The highest BCUT2D eigenvalue weighted by Gasteiger charge is 2.13. The predicted octanol–water partition coefficient (Wildman–Crippen LogP) is 1.23. The minimum Gasteiger partial charge on any atom is -0.378 e. The maximum Gasteiger partial charge on any atom is 0.226 e. The quantitative estimate of drug-likeness (QED) is 0.588. The fourth-order valence-electron chi connectivity index (χ4n) is 3.11. The molecule has 1 saturated heterocycles. The van der Waals surface area contributed by atoms with Crippen molar-refractivity contribution in [1.29, 1.82) is 0 Å². The maximum absolute atomic E-state index is 12.2. The number of amides is 1. The lowest BCUT2D eigenvalue weighted by molar-refractivity contribution is -0.120. The molecule has 1 fully saturated rings. The van der Waals surface area contributed by atoms with Crippen molar-refractivity contribution in [1.82, 2.24) is 20.7 Å². The fraction of sp³-hybridized carbons (Fsp3) is 0.368. The summed E-state index contributed by atoms with van der Waals surface area (Å²) < 4.78 is 10.6. The minimum absolute atomic E-state index is 0.103. The molecule has 1 amide bonds. The van der Waals surface area contributed by atoms with Gasteiger partial charge in [0.2, 0.25) is 5.91 Å². The Balaban J connectivity index is 1.24. The minimum atomic E-state index is -0.103. The van der Waals surface area contributed by atoms with Crippen molar-refractivity contribution in [2.24, 2.45) is 0 Å². The monoisotopic (exact) mass is 382 g/mol. The number of hydrogen-bond acceptors (Lipinski definition) is 8. The second-order valence-electron chi connectivity index (χ2n) is 6.48. The lowest BCUT2D eigenvalue weighted by atomic mass is 10.1. The highest BCUT2D eigenvalue weighted by molar-refractivity contribution is 5.86. The third-order valence-corrected chi connectivity index (χ3v) is 4.55. The van der Waals surface area contributed by atoms with Crippen molar-refractivity contribution in [3.05, 3.63) is 42.2 Å². The largest absolute Gasteiger partial charge is 0.378 e. The van der Waals surface area contributed by atoms with Crippen LogP contribution in [0, 0.1) is 0 Å². The van der Waals surface area contributed by atoms with Crippen molar-refractivity contribution < 1.29 is 14.1 Å². The number of hydrogen-bond donors (Lipinski definition) is 2. The molecular formula is C19H22N6O3. The first-order valence-corrected chi connectivity index (χ1v) is 9.29. The molecule has 0 radical (unpaired) electrons. The van der Waals surface area contributed by atoms with Crippen LogP contribution in [0.4, 0.5) is 11.5 Å². The Bertz CT molecular complexity index is 938. The van der Waals surface area contributed by atoms with E-state index in [9.17, 15) is 4.79 Å². The molecule has 1 aliphatic heterocycles. The zero-order chi connectivity index (χ0) is 19.2. The van der Waals surface area contributed by atoms with Crippen molar-refractivity contribution in [2.75, 3.05) is 49.6 Å². The fourth-order valence-corrected chi connectivity index (χ4v) is 3.11. The molecule has 1 aromatic carbocycles. The molecule has 2 aromatic heterocycles. The second kappa shape index (κ2) is 8.66. The third-order valence-electron chi connectivity index (χ3n) is 4.55. The van der Waals surface area contributed by atoms with Gasteiger partial charge in [-0.05, 0) is 12.1 Å². The van der Waals surface area contributed by atoms with Crippen LogP contribution in [0.15, 0.2) is 41.1 Å². The van der Waals surface area contributed by atoms with Gasteiger partial charge >= 0.3 is 0 Å². The molecular weight excluding hydrogens is 360 g/mol. The molecule has 9 nitrogen and oxygen atoms in total. The molecule has 146 valence electrons. The molecule has 0 atom stereocenters. The smallest absolute Gasteiger partial charge is 0.226 e. The molecule has 28 heavy (non-hydrogen) atoms. The Kier molecular flexibility index (Phi) is 5.62. The van der Waals surface area contributed by atoms with Crippen molar-refractivity contribution in [3.63, 3.8) is 0 Å². The van der Waals surface area contributed by atoms with Gasteiger partial charge in [0.25, 0.3) is 0 Å². The molecule has 0 unspecified atom stereocenters. The van der Waals surface area contributed by atoms with Crippen LogP contribution in [0.5, 0.6) is 0 Å². The van der Waals surface area contributed by atoms with Gasteiger partial charge in [-0.1, -0.05) is 17.3 Å². The Morgan fingerprint density at radius 1 is 1.18 bits per heavy atom. The van der Waals surface area contributed by atoms with Crippen molar-refractivity contribution >= 4 is 28.4 Å². The van der Waals surface area contributed by atoms with E-state index in [2.05, 4.69) is 30.9 Å². The Morgan fingerprint density at radius 2 is 2.04 bits per heavy atom. The molecule has 0 bridgehead atoms. The summed E-state index contributed by atoms with van der Waals surface area (Å²) in [6.45, 7) is 4.15. The summed E-state index contributed by atoms with van der Waals surface area (Å²) in [5, 5.41) is 19.1. The Labute approximate surface area is 162 Å². The Hall–Kier alpha value is -3.20. The lowest BCUT2D eigenvalue weighted by Crippen LogP contribution is -2.36. The van der Waals surface area contributed by atoms with E-state index in [-0.39, 0.29) is 12.3 Å². The standard InChI is InChI=1S/C19H22N6O3/c26-19(12-16-15-3-1-2-4-17(15)28-24-16)21-6-5-20-18-11-14(13-22-23-18)25-7-9-27-10-8-25/h1-4,11,13H,5-10,12H2,(H,20,23)(H,21,26). The summed E-state index contributed by atoms with van der Waals surface area (Å²) in [4.78, 5) is 14.4. The summed E-state index contributed by atoms with van der Waals surface area (Å²) in [6, 6.07) is 9.47. The number of nitrogens with zero attached hydrogens (tertiary/aromatic N) is 4. The van der Waals surface area contributed by atoms with E-state index in [1.165, 1.54) is 0 Å². The number of morpholine rings is 1. The van der Waals surface area contributed by atoms with E-state index in [1.807, 2.05) is 30.3 Å². The molecule has 9 heteroatoms. The topological polar surface area (TPSA) is 105 Å². The van der Waals surface area contributed by atoms with Gasteiger partial charge in [-0.3, -0.25) is 4.79 Å². The van der Waals surface area contributed by atoms with Crippen molar-refractivity contribution in [2.45, 2.75) is 6.42 Å².